The van der Waals surface area contributed by atoms with E-state index in [4.69, 9.17) is 33.2 Å². The zero-order chi connectivity index (χ0) is 38.4. The third kappa shape index (κ3) is 8.49. The van der Waals surface area contributed by atoms with Crippen LogP contribution in [0.1, 0.15) is 102 Å². The lowest BCUT2D eigenvalue weighted by Gasteiger charge is -2.49. The Balaban J connectivity index is 1.83. The monoisotopic (exact) mass is 731 g/mol. The van der Waals surface area contributed by atoms with Gasteiger partial charge in [0.05, 0.1) is 53.7 Å². The molecule has 0 aliphatic carbocycles. The molecule has 13 heteroatoms. The van der Waals surface area contributed by atoms with E-state index in [1.54, 1.807) is 27.7 Å². The largest absolute Gasteiger partial charge is 0.459 e. The molecule has 0 saturated carbocycles. The molecular formula is C38H69NO12. The SMILES string of the molecule is CC[C@H]1OC(=O)[C@H](C)[C@@H](O[C@H]2C[C@@](C)(OC)[C@@H](O)[C@H](C)O2)[C@H](C)[C@@H](O[C@@H]2O[C@H](C)C[C@H](N(C)CC)[C@H]2O)[C@@]2(C)C[C@@H](C)[C@@H](O2)[C@H](C)[C@@H](O)[C@]1(C)O. The molecule has 4 N–H and O–H groups in total. The second-order valence-electron chi connectivity index (χ2n) is 16.9. The molecule has 4 rings (SSSR count). The topological polar surface area (TPSA) is 166 Å². The Bertz CT molecular complexity index is 1160. The molecule has 0 aromatic rings. The Morgan fingerprint density at radius 2 is 1.57 bits per heavy atom. The molecular weight excluding hydrogens is 662 g/mol. The number of aliphatic hydroxyl groups is 4. The van der Waals surface area contributed by atoms with Gasteiger partial charge in [-0.15, -0.1) is 0 Å². The minimum absolute atomic E-state index is 0.0578. The number of fused-ring (bicyclic) bond motifs is 2. The molecule has 0 spiro atoms. The maximum Gasteiger partial charge on any atom is 0.311 e. The molecule has 298 valence electrons. The summed E-state index contributed by atoms with van der Waals surface area (Å²) in [5, 5.41) is 46.1. The summed E-state index contributed by atoms with van der Waals surface area (Å²) in [6, 6.07) is -0.211. The van der Waals surface area contributed by atoms with Crippen LogP contribution in [0.2, 0.25) is 0 Å². The first-order valence-electron chi connectivity index (χ1n) is 19.2. The van der Waals surface area contributed by atoms with E-state index in [0.29, 0.717) is 12.8 Å². The van der Waals surface area contributed by atoms with E-state index < -0.39 is 102 Å². The summed E-state index contributed by atoms with van der Waals surface area (Å²) in [4.78, 5) is 16.2. The summed E-state index contributed by atoms with van der Waals surface area (Å²) in [6.07, 6.45) is -7.50. The van der Waals surface area contributed by atoms with Crippen molar-refractivity contribution in [1.29, 1.82) is 0 Å². The van der Waals surface area contributed by atoms with Crippen LogP contribution in [0, 0.1) is 23.7 Å². The third-order valence-corrected chi connectivity index (χ3v) is 12.8. The fraction of sp³-hybridized carbons (Fsp3) is 0.974. The highest BCUT2D eigenvalue weighted by Crippen LogP contribution is 2.48. The number of carbonyl (C=O) groups excluding carboxylic acids is 1. The van der Waals surface area contributed by atoms with Crippen LogP contribution in [0.3, 0.4) is 0 Å². The van der Waals surface area contributed by atoms with Gasteiger partial charge in [0, 0.05) is 31.4 Å². The van der Waals surface area contributed by atoms with Crippen molar-refractivity contribution in [2.75, 3.05) is 20.7 Å². The van der Waals surface area contributed by atoms with Gasteiger partial charge in [0.15, 0.2) is 12.6 Å². The second-order valence-corrected chi connectivity index (χ2v) is 16.9. The van der Waals surface area contributed by atoms with Gasteiger partial charge in [-0.1, -0.05) is 34.6 Å². The fourth-order valence-electron chi connectivity index (χ4n) is 9.36. The average Bonchev–Trinajstić information content (AvgIpc) is 3.40. The Morgan fingerprint density at radius 3 is 2.16 bits per heavy atom. The maximum atomic E-state index is 14.2. The van der Waals surface area contributed by atoms with Crippen molar-refractivity contribution in [3.63, 3.8) is 0 Å². The van der Waals surface area contributed by atoms with Gasteiger partial charge >= 0.3 is 5.97 Å². The number of carbonyl (C=O) groups is 1. The Hall–Kier alpha value is -0.970. The lowest BCUT2D eigenvalue weighted by Crippen LogP contribution is -2.60. The third-order valence-electron chi connectivity index (χ3n) is 12.8. The molecule has 19 atom stereocenters. The molecule has 4 aliphatic rings. The normalized spacial score (nSPS) is 51.8. The zero-order valence-corrected chi connectivity index (χ0v) is 33.3. The Kier molecular flexibility index (Phi) is 13.8. The Morgan fingerprint density at radius 1 is 0.922 bits per heavy atom. The van der Waals surface area contributed by atoms with Gasteiger partial charge in [-0.25, -0.2) is 0 Å². The number of cyclic esters (lactones) is 1. The molecule has 51 heavy (non-hydrogen) atoms. The molecule has 0 radical (unpaired) electrons. The predicted molar refractivity (Wildman–Crippen MR) is 189 cm³/mol. The lowest BCUT2D eigenvalue weighted by atomic mass is 9.76. The zero-order valence-electron chi connectivity index (χ0n) is 33.3. The van der Waals surface area contributed by atoms with Crippen LogP contribution in [-0.2, 0) is 38.0 Å². The molecule has 0 aromatic carbocycles. The minimum Gasteiger partial charge on any atom is -0.459 e. The fourth-order valence-corrected chi connectivity index (χ4v) is 9.36. The van der Waals surface area contributed by atoms with E-state index in [1.807, 2.05) is 41.7 Å². The number of hydrogen-bond acceptors (Lipinski definition) is 13. The first-order chi connectivity index (χ1) is 23.6. The summed E-state index contributed by atoms with van der Waals surface area (Å²) < 4.78 is 45.0. The van der Waals surface area contributed by atoms with Crippen LogP contribution < -0.4 is 0 Å². The Labute approximate surface area is 305 Å². The number of hydrogen-bond donors (Lipinski definition) is 4. The van der Waals surface area contributed by atoms with E-state index in [9.17, 15) is 25.2 Å². The van der Waals surface area contributed by atoms with Crippen molar-refractivity contribution in [2.24, 2.45) is 23.7 Å². The molecule has 0 aromatic heterocycles. The molecule has 4 heterocycles. The van der Waals surface area contributed by atoms with Crippen molar-refractivity contribution in [3.05, 3.63) is 0 Å². The minimum atomic E-state index is -1.79. The van der Waals surface area contributed by atoms with Crippen molar-refractivity contribution < 1.29 is 58.4 Å². The number of ether oxygens (including phenoxy) is 7. The maximum absolute atomic E-state index is 14.2. The molecule has 13 nitrogen and oxygen atoms in total. The number of nitrogens with zero attached hydrogens (tertiary/aromatic N) is 1. The highest BCUT2D eigenvalue weighted by atomic mass is 16.7. The van der Waals surface area contributed by atoms with E-state index in [0.717, 1.165) is 6.54 Å². The lowest BCUT2D eigenvalue weighted by molar-refractivity contribution is -0.319. The summed E-state index contributed by atoms with van der Waals surface area (Å²) in [5.41, 5.74) is -3.76. The van der Waals surface area contributed by atoms with Gasteiger partial charge in [0.1, 0.15) is 23.9 Å². The van der Waals surface area contributed by atoms with E-state index >= 15 is 0 Å². The van der Waals surface area contributed by atoms with Crippen LogP contribution in [0.15, 0.2) is 0 Å². The molecule has 0 unspecified atom stereocenters. The predicted octanol–water partition coefficient (Wildman–Crippen LogP) is 3.01. The summed E-state index contributed by atoms with van der Waals surface area (Å²) in [7, 11) is 3.50. The van der Waals surface area contributed by atoms with Crippen LogP contribution >= 0.6 is 0 Å². The number of aliphatic hydroxyl groups excluding tert-OH is 3. The van der Waals surface area contributed by atoms with Crippen molar-refractivity contribution in [3.8, 4) is 0 Å². The molecule has 4 saturated heterocycles. The van der Waals surface area contributed by atoms with Crippen molar-refractivity contribution >= 4 is 5.97 Å². The van der Waals surface area contributed by atoms with Crippen molar-refractivity contribution in [2.45, 2.75) is 192 Å². The van der Waals surface area contributed by atoms with Crippen LogP contribution in [0.25, 0.3) is 0 Å². The smallest absolute Gasteiger partial charge is 0.311 e. The van der Waals surface area contributed by atoms with E-state index in [1.165, 1.54) is 14.0 Å². The van der Waals surface area contributed by atoms with Gasteiger partial charge in [-0.05, 0) is 80.3 Å². The van der Waals surface area contributed by atoms with E-state index in [2.05, 4.69) is 11.8 Å². The highest BCUT2D eigenvalue weighted by Gasteiger charge is 2.58. The second kappa shape index (κ2) is 16.4. The van der Waals surface area contributed by atoms with Crippen LogP contribution in [-0.4, -0.2) is 142 Å². The summed E-state index contributed by atoms with van der Waals surface area (Å²) in [6.45, 7) is 21.1. The molecule has 4 fully saturated rings. The molecule has 4 aliphatic heterocycles. The highest BCUT2D eigenvalue weighted by molar-refractivity contribution is 5.73. The van der Waals surface area contributed by atoms with Crippen LogP contribution in [0.5, 0.6) is 0 Å². The number of esters is 1. The van der Waals surface area contributed by atoms with Crippen molar-refractivity contribution in [1.82, 2.24) is 4.90 Å². The van der Waals surface area contributed by atoms with E-state index in [-0.39, 0.29) is 30.9 Å². The first kappa shape index (κ1) is 42.8. The molecule has 0 amide bonds. The number of likely N-dealkylation sites (N-methyl/N-ethyl adjacent to an activating group) is 1. The summed E-state index contributed by atoms with van der Waals surface area (Å²) in [5.74, 6) is -2.72. The van der Waals surface area contributed by atoms with Gasteiger partial charge in [-0.3, -0.25) is 4.79 Å². The van der Waals surface area contributed by atoms with Gasteiger partial charge < -0.3 is 58.5 Å². The number of rotatable bonds is 8. The summed E-state index contributed by atoms with van der Waals surface area (Å²) >= 11 is 0. The van der Waals surface area contributed by atoms with Gasteiger partial charge in [0.2, 0.25) is 0 Å². The van der Waals surface area contributed by atoms with Gasteiger partial charge in [0.25, 0.3) is 0 Å². The standard InChI is InChI=1S/C38H69NO12/c1-14-26-38(11,44)31(41)21(5)29-19(3)17-37(10,51-29)33(50-35-28(40)25(39(12)15-2)16-20(4)46-35)22(6)30(23(7)34(43)48-26)49-27-18-36(9,45-13)32(42)24(8)47-27/h19-33,35,40-42,44H,14-18H2,1-13H3/t19-,20-,21+,22+,23-,24+,25+,26-,27+,28-,29-,30+,31-,32+,33-,35+,36-,37-,38-/m1/s1. The first-order valence-corrected chi connectivity index (χ1v) is 19.2. The van der Waals surface area contributed by atoms with Crippen LogP contribution in [0.4, 0.5) is 0 Å². The average molecular weight is 732 g/mol. The molecule has 2 bridgehead atoms. The van der Waals surface area contributed by atoms with Gasteiger partial charge in [-0.2, -0.15) is 0 Å². The quantitative estimate of drug-likeness (QED) is 0.270. The number of methoxy groups -OCH3 is 1.